The van der Waals surface area contributed by atoms with Crippen molar-refractivity contribution in [2.24, 2.45) is 5.92 Å². The van der Waals surface area contributed by atoms with Gasteiger partial charge in [0.2, 0.25) is 0 Å². The lowest BCUT2D eigenvalue weighted by Crippen LogP contribution is -2.40. The molecule has 1 aliphatic heterocycles. The lowest BCUT2D eigenvalue weighted by Gasteiger charge is -2.32. The Balaban J connectivity index is 0.00000288. The molecule has 8 heteroatoms. The highest BCUT2D eigenvalue weighted by Crippen LogP contribution is 2.36. The van der Waals surface area contributed by atoms with Crippen molar-refractivity contribution in [1.29, 1.82) is 0 Å². The van der Waals surface area contributed by atoms with Crippen molar-refractivity contribution >= 4 is 30.1 Å². The van der Waals surface area contributed by atoms with E-state index in [0.29, 0.717) is 24.6 Å². The molecule has 0 saturated carbocycles. The third-order valence-corrected chi connectivity index (χ3v) is 4.66. The normalized spacial score (nSPS) is 15.9. The average Bonchev–Trinajstić information content (AvgIpc) is 2.52. The van der Waals surface area contributed by atoms with Crippen LogP contribution in [0.1, 0.15) is 30.1 Å². The Labute approximate surface area is 150 Å². The number of nitrogens with one attached hydrogen (secondary N) is 1. The van der Waals surface area contributed by atoms with Crippen LogP contribution in [0, 0.1) is 5.92 Å². The van der Waals surface area contributed by atoms with Crippen molar-refractivity contribution in [2.45, 2.75) is 30.2 Å². The number of nitrogens with zero attached hydrogens (tertiary/aromatic N) is 1. The number of amides is 1. The second kappa shape index (κ2) is 9.53. The number of hydrogen-bond acceptors (Lipinski definition) is 3. The first kappa shape index (κ1) is 21.1. The van der Waals surface area contributed by atoms with Crippen LogP contribution in [-0.2, 0) is 0 Å². The van der Waals surface area contributed by atoms with Gasteiger partial charge in [0.25, 0.3) is 5.91 Å². The number of piperidine rings is 1. The predicted molar refractivity (Wildman–Crippen MR) is 92.8 cm³/mol. The zero-order chi connectivity index (χ0) is 16.9. The van der Waals surface area contributed by atoms with E-state index >= 15 is 0 Å². The molecule has 24 heavy (non-hydrogen) atoms. The maximum Gasteiger partial charge on any atom is 0.446 e. The lowest BCUT2D eigenvalue weighted by molar-refractivity contribution is -0.0328. The molecule has 0 radical (unpaired) electrons. The summed E-state index contributed by atoms with van der Waals surface area (Å²) in [5.74, 6) is 0.486. The Hall–Kier alpha value is -0.920. The first-order chi connectivity index (χ1) is 10.9. The van der Waals surface area contributed by atoms with Crippen LogP contribution in [0.2, 0.25) is 0 Å². The van der Waals surface area contributed by atoms with Crippen molar-refractivity contribution in [3.8, 4) is 0 Å². The number of thioether (sulfide) groups is 1. The van der Waals surface area contributed by atoms with Crippen LogP contribution in [-0.4, -0.2) is 42.5 Å². The number of halogens is 4. The molecule has 1 heterocycles. The highest BCUT2D eigenvalue weighted by Gasteiger charge is 2.29. The molecule has 0 unspecified atom stereocenters. The Bertz CT molecular complexity index is 517. The zero-order valence-corrected chi connectivity index (χ0v) is 15.1. The molecule has 1 aliphatic rings. The van der Waals surface area contributed by atoms with E-state index in [1.807, 2.05) is 0 Å². The summed E-state index contributed by atoms with van der Waals surface area (Å²) in [5, 5.41) is 3.32. The van der Waals surface area contributed by atoms with Crippen LogP contribution in [0.5, 0.6) is 0 Å². The fourth-order valence-corrected chi connectivity index (χ4v) is 3.21. The summed E-state index contributed by atoms with van der Waals surface area (Å²) in [6.45, 7) is 5.39. The van der Waals surface area contributed by atoms with Gasteiger partial charge in [-0.05, 0) is 67.9 Å². The topological polar surface area (TPSA) is 32.3 Å². The minimum atomic E-state index is -4.31. The molecule has 1 aromatic carbocycles. The maximum absolute atomic E-state index is 12.4. The van der Waals surface area contributed by atoms with Crippen molar-refractivity contribution in [2.75, 3.05) is 26.2 Å². The highest BCUT2D eigenvalue weighted by atomic mass is 35.5. The molecule has 0 bridgehead atoms. The maximum atomic E-state index is 12.4. The van der Waals surface area contributed by atoms with E-state index in [4.69, 9.17) is 0 Å². The first-order valence-corrected chi connectivity index (χ1v) is 8.56. The van der Waals surface area contributed by atoms with Crippen LogP contribution in [0.3, 0.4) is 0 Å². The molecule has 136 valence electrons. The van der Waals surface area contributed by atoms with Gasteiger partial charge in [-0.1, -0.05) is 6.92 Å². The van der Waals surface area contributed by atoms with E-state index in [2.05, 4.69) is 12.2 Å². The monoisotopic (exact) mass is 382 g/mol. The summed E-state index contributed by atoms with van der Waals surface area (Å²) in [5.41, 5.74) is -3.86. The summed E-state index contributed by atoms with van der Waals surface area (Å²) < 4.78 is 36.9. The van der Waals surface area contributed by atoms with Crippen molar-refractivity contribution in [3.05, 3.63) is 29.8 Å². The van der Waals surface area contributed by atoms with Gasteiger partial charge in [0, 0.05) is 23.5 Å². The number of hydrogen-bond donors (Lipinski definition) is 1. The third-order valence-electron chi connectivity index (χ3n) is 3.92. The van der Waals surface area contributed by atoms with Gasteiger partial charge in [0.05, 0.1) is 0 Å². The Morgan fingerprint density at radius 2 is 1.83 bits per heavy atom. The molecule has 0 aliphatic carbocycles. The number of rotatable bonds is 5. The molecule has 0 aromatic heterocycles. The first-order valence-electron chi connectivity index (χ1n) is 7.75. The van der Waals surface area contributed by atoms with Gasteiger partial charge in [-0.2, -0.15) is 13.2 Å². The molecule has 1 saturated heterocycles. The van der Waals surface area contributed by atoms with Crippen molar-refractivity contribution < 1.29 is 18.0 Å². The number of carbonyl (C=O) groups is 1. The molecule has 1 amide bonds. The van der Waals surface area contributed by atoms with Gasteiger partial charge >= 0.3 is 5.51 Å². The fraction of sp³-hybridized carbons (Fsp3) is 0.562. The SMILES string of the molecule is CCNCC1CCN(C(=O)c2ccc(SC(F)(F)F)cc2)CC1.Cl. The van der Waals surface area contributed by atoms with Crippen molar-refractivity contribution in [1.82, 2.24) is 10.2 Å². The number of carbonyl (C=O) groups excluding carboxylic acids is 1. The van der Waals surface area contributed by atoms with Gasteiger partial charge in [0.1, 0.15) is 0 Å². The zero-order valence-electron chi connectivity index (χ0n) is 13.4. The summed E-state index contributed by atoms with van der Waals surface area (Å²) in [6.07, 6.45) is 1.92. The van der Waals surface area contributed by atoms with E-state index in [9.17, 15) is 18.0 Å². The average molecular weight is 383 g/mol. The van der Waals surface area contributed by atoms with Crippen LogP contribution in [0.25, 0.3) is 0 Å². The molecular weight excluding hydrogens is 361 g/mol. The van der Waals surface area contributed by atoms with Gasteiger partial charge in [-0.15, -0.1) is 12.4 Å². The second-order valence-corrected chi connectivity index (χ2v) is 6.75. The molecule has 1 fully saturated rings. The van der Waals surface area contributed by atoms with Crippen LogP contribution in [0.15, 0.2) is 29.2 Å². The summed E-state index contributed by atoms with van der Waals surface area (Å²) in [4.78, 5) is 14.3. The predicted octanol–water partition coefficient (Wildman–Crippen LogP) is 4.18. The molecule has 0 atom stereocenters. The van der Waals surface area contributed by atoms with E-state index in [1.165, 1.54) is 24.3 Å². The van der Waals surface area contributed by atoms with Gasteiger partial charge in [-0.3, -0.25) is 4.79 Å². The summed E-state index contributed by atoms with van der Waals surface area (Å²) in [7, 11) is 0. The summed E-state index contributed by atoms with van der Waals surface area (Å²) in [6, 6.07) is 5.65. The number of likely N-dealkylation sites (tertiary alicyclic amines) is 1. The molecule has 2 rings (SSSR count). The number of alkyl halides is 3. The Kier molecular flexibility index (Phi) is 8.39. The van der Waals surface area contributed by atoms with Crippen LogP contribution < -0.4 is 5.32 Å². The molecule has 1 N–H and O–H groups in total. The highest BCUT2D eigenvalue weighted by molar-refractivity contribution is 8.00. The lowest BCUT2D eigenvalue weighted by atomic mass is 9.96. The molecule has 1 aromatic rings. The minimum Gasteiger partial charge on any atom is -0.339 e. The summed E-state index contributed by atoms with van der Waals surface area (Å²) >= 11 is -0.167. The Morgan fingerprint density at radius 1 is 1.25 bits per heavy atom. The second-order valence-electron chi connectivity index (χ2n) is 5.62. The van der Waals surface area contributed by atoms with E-state index in [1.54, 1.807) is 4.90 Å². The van der Waals surface area contributed by atoms with E-state index in [-0.39, 0.29) is 35.0 Å². The number of benzene rings is 1. The van der Waals surface area contributed by atoms with E-state index in [0.717, 1.165) is 25.9 Å². The largest absolute Gasteiger partial charge is 0.446 e. The van der Waals surface area contributed by atoms with Gasteiger partial charge in [-0.25, -0.2) is 0 Å². The van der Waals surface area contributed by atoms with Crippen LogP contribution >= 0.6 is 24.2 Å². The van der Waals surface area contributed by atoms with Gasteiger partial charge < -0.3 is 10.2 Å². The molecule has 3 nitrogen and oxygen atoms in total. The molecular formula is C16H22ClF3N2OS. The smallest absolute Gasteiger partial charge is 0.339 e. The fourth-order valence-electron chi connectivity index (χ4n) is 2.67. The Morgan fingerprint density at radius 3 is 2.33 bits per heavy atom. The molecule has 0 spiro atoms. The standard InChI is InChI=1S/C16H21F3N2OS.ClH/c1-2-20-11-12-7-9-21(10-8-12)15(22)13-3-5-14(6-4-13)23-16(17,18)19;/h3-6,12,20H,2,7-11H2,1H3;1H. The quantitative estimate of drug-likeness (QED) is 0.775. The van der Waals surface area contributed by atoms with Crippen molar-refractivity contribution in [3.63, 3.8) is 0 Å². The van der Waals surface area contributed by atoms with Gasteiger partial charge in [0.15, 0.2) is 0 Å². The van der Waals surface area contributed by atoms with E-state index < -0.39 is 5.51 Å². The third kappa shape index (κ3) is 6.53. The minimum absolute atomic E-state index is 0. The van der Waals surface area contributed by atoms with Crippen LogP contribution in [0.4, 0.5) is 13.2 Å².